The molecule has 0 spiro atoms. The summed E-state index contributed by atoms with van der Waals surface area (Å²) < 4.78 is 36.5. The number of carbonyl (C=O) groups is 1. The van der Waals surface area contributed by atoms with Gasteiger partial charge in [0.2, 0.25) is 10.0 Å². The number of hydrogen-bond donors (Lipinski definition) is 2. The summed E-state index contributed by atoms with van der Waals surface area (Å²) in [7, 11) is -2.06. The van der Waals surface area contributed by atoms with Crippen molar-refractivity contribution in [2.45, 2.75) is 37.6 Å². The van der Waals surface area contributed by atoms with E-state index >= 15 is 0 Å². The molecule has 0 radical (unpaired) electrons. The summed E-state index contributed by atoms with van der Waals surface area (Å²) >= 11 is 0. The number of rotatable bonds is 7. The predicted octanol–water partition coefficient (Wildman–Crippen LogP) is 1.89. The van der Waals surface area contributed by atoms with E-state index < -0.39 is 16.1 Å². The fourth-order valence-electron chi connectivity index (χ4n) is 1.62. The lowest BCUT2D eigenvalue weighted by Crippen LogP contribution is -2.41. The molecule has 0 bridgehead atoms. The molecule has 0 unspecified atom stereocenters. The van der Waals surface area contributed by atoms with Gasteiger partial charge in [-0.3, -0.25) is 0 Å². The first kappa shape index (κ1) is 19.2. The Morgan fingerprint density at radius 2 is 1.78 bits per heavy atom. The van der Waals surface area contributed by atoms with Crippen LogP contribution in [0.5, 0.6) is 5.75 Å². The maximum absolute atomic E-state index is 12.0. The highest BCUT2D eigenvalue weighted by molar-refractivity contribution is 7.89. The van der Waals surface area contributed by atoms with Gasteiger partial charge >= 0.3 is 6.09 Å². The minimum atomic E-state index is -3.58. The van der Waals surface area contributed by atoms with Crippen molar-refractivity contribution in [1.82, 2.24) is 10.0 Å². The van der Waals surface area contributed by atoms with Gasteiger partial charge in [-0.25, -0.2) is 17.9 Å². The van der Waals surface area contributed by atoms with E-state index in [0.717, 1.165) is 0 Å². The molecule has 0 atom stereocenters. The first-order chi connectivity index (χ1) is 10.6. The zero-order valence-corrected chi connectivity index (χ0v) is 14.7. The Hall–Kier alpha value is -1.80. The molecule has 1 rings (SSSR count). The van der Waals surface area contributed by atoms with Crippen molar-refractivity contribution in [3.8, 4) is 5.75 Å². The average Bonchev–Trinajstić information content (AvgIpc) is 2.45. The molecule has 0 aromatic heterocycles. The van der Waals surface area contributed by atoms with Crippen molar-refractivity contribution in [1.29, 1.82) is 0 Å². The highest BCUT2D eigenvalue weighted by Gasteiger charge is 2.15. The lowest BCUT2D eigenvalue weighted by atomic mass is 10.1. The molecule has 7 nitrogen and oxygen atoms in total. The number of amides is 1. The van der Waals surface area contributed by atoms with Crippen LogP contribution in [0.25, 0.3) is 0 Å². The highest BCUT2D eigenvalue weighted by Crippen LogP contribution is 2.15. The maximum atomic E-state index is 12.0. The number of ether oxygens (including phenoxy) is 2. The van der Waals surface area contributed by atoms with Crippen molar-refractivity contribution in [3.63, 3.8) is 0 Å². The third-order valence-corrected chi connectivity index (χ3v) is 4.17. The molecule has 0 saturated heterocycles. The van der Waals surface area contributed by atoms with Crippen molar-refractivity contribution in [3.05, 3.63) is 24.3 Å². The zero-order chi connectivity index (χ0) is 17.5. The number of methoxy groups -OCH3 is 1. The summed E-state index contributed by atoms with van der Waals surface area (Å²) in [6, 6.07) is 6.09. The van der Waals surface area contributed by atoms with Crippen LogP contribution in [-0.2, 0) is 14.8 Å². The van der Waals surface area contributed by atoms with Crippen LogP contribution in [0.2, 0.25) is 0 Å². The second-order valence-electron chi connectivity index (χ2n) is 5.94. The van der Waals surface area contributed by atoms with Crippen molar-refractivity contribution in [2.75, 3.05) is 20.3 Å². The fourth-order valence-corrected chi connectivity index (χ4v) is 2.70. The molecule has 0 heterocycles. The van der Waals surface area contributed by atoms with Gasteiger partial charge in [-0.05, 0) is 51.5 Å². The van der Waals surface area contributed by atoms with Gasteiger partial charge in [0, 0.05) is 12.1 Å². The molecule has 0 aliphatic rings. The smallest absolute Gasteiger partial charge is 0.407 e. The first-order valence-corrected chi connectivity index (χ1v) is 8.71. The Labute approximate surface area is 137 Å². The second-order valence-corrected chi connectivity index (χ2v) is 7.70. The fraction of sp³-hybridized carbons (Fsp3) is 0.533. The number of alkyl carbamates (subject to hydrolysis) is 1. The topological polar surface area (TPSA) is 93.7 Å². The lowest BCUT2D eigenvalue weighted by Gasteiger charge is -2.19. The Bertz CT molecular complexity index is 606. The highest BCUT2D eigenvalue weighted by atomic mass is 32.2. The minimum absolute atomic E-state index is 0.132. The summed E-state index contributed by atoms with van der Waals surface area (Å²) in [5.74, 6) is 0.585. The quantitative estimate of drug-likeness (QED) is 0.737. The summed E-state index contributed by atoms with van der Waals surface area (Å²) in [6.07, 6.45) is -0.136. The monoisotopic (exact) mass is 344 g/mol. The molecule has 0 aliphatic heterocycles. The summed E-state index contributed by atoms with van der Waals surface area (Å²) in [5, 5.41) is 2.65. The molecule has 23 heavy (non-hydrogen) atoms. The van der Waals surface area contributed by atoms with Gasteiger partial charge in [0.05, 0.1) is 18.6 Å². The van der Waals surface area contributed by atoms with Crippen LogP contribution in [0.1, 0.15) is 27.2 Å². The third kappa shape index (κ3) is 7.34. The average molecular weight is 344 g/mol. The van der Waals surface area contributed by atoms with Crippen molar-refractivity contribution >= 4 is 16.1 Å². The van der Waals surface area contributed by atoms with E-state index in [1.54, 1.807) is 12.1 Å². The van der Waals surface area contributed by atoms with Crippen LogP contribution in [-0.4, -0.2) is 40.3 Å². The van der Waals surface area contributed by atoms with E-state index in [0.29, 0.717) is 12.2 Å². The Kier molecular flexibility index (Phi) is 6.83. The van der Waals surface area contributed by atoms with Gasteiger partial charge in [-0.2, -0.15) is 0 Å². The molecule has 130 valence electrons. The molecular weight excluding hydrogens is 320 g/mol. The molecule has 0 saturated carbocycles. The van der Waals surface area contributed by atoms with E-state index in [1.807, 2.05) is 20.8 Å². The van der Waals surface area contributed by atoms with Gasteiger partial charge in [0.15, 0.2) is 0 Å². The zero-order valence-electron chi connectivity index (χ0n) is 13.9. The van der Waals surface area contributed by atoms with Crippen LogP contribution < -0.4 is 14.8 Å². The van der Waals surface area contributed by atoms with Crippen molar-refractivity contribution in [2.24, 2.45) is 0 Å². The molecule has 1 aromatic carbocycles. The van der Waals surface area contributed by atoms with E-state index in [1.165, 1.54) is 19.2 Å². The maximum Gasteiger partial charge on any atom is 0.407 e. The van der Waals surface area contributed by atoms with Crippen molar-refractivity contribution < 1.29 is 22.7 Å². The first-order valence-electron chi connectivity index (χ1n) is 7.23. The van der Waals surface area contributed by atoms with Crippen LogP contribution in [0.15, 0.2) is 29.2 Å². The normalized spacial score (nSPS) is 11.8. The van der Waals surface area contributed by atoms with Crippen LogP contribution in [0, 0.1) is 0 Å². The standard InChI is InChI=1S/C15H24N2O5S/c1-15(2,3)17-14(18)22-11-5-10-16-23(19,20)13-8-6-12(21-4)7-9-13/h6-9,16H,5,10-11H2,1-4H3,(H,17,18). The van der Waals surface area contributed by atoms with E-state index in [4.69, 9.17) is 9.47 Å². The SMILES string of the molecule is COc1ccc(S(=O)(=O)NCCCOC(=O)NC(C)(C)C)cc1. The molecular formula is C15H24N2O5S. The van der Waals surface area contributed by atoms with Gasteiger partial charge in [-0.1, -0.05) is 0 Å². The number of nitrogens with one attached hydrogen (secondary N) is 2. The molecule has 2 N–H and O–H groups in total. The second kappa shape index (κ2) is 8.16. The Morgan fingerprint density at radius 3 is 2.30 bits per heavy atom. The number of benzene rings is 1. The van der Waals surface area contributed by atoms with Gasteiger partial charge in [-0.15, -0.1) is 0 Å². The minimum Gasteiger partial charge on any atom is -0.497 e. The largest absolute Gasteiger partial charge is 0.497 e. The predicted molar refractivity (Wildman–Crippen MR) is 87.0 cm³/mol. The summed E-state index contributed by atoms with van der Waals surface area (Å²) in [6.45, 7) is 5.84. The van der Waals surface area contributed by atoms with E-state index in [9.17, 15) is 13.2 Å². The van der Waals surface area contributed by atoms with E-state index in [-0.39, 0.29) is 23.6 Å². The van der Waals surface area contributed by atoms with Gasteiger partial charge < -0.3 is 14.8 Å². The summed E-state index contributed by atoms with van der Waals surface area (Å²) in [5.41, 5.74) is -0.368. The Balaban J connectivity index is 2.35. The molecule has 8 heteroatoms. The van der Waals surface area contributed by atoms with E-state index in [2.05, 4.69) is 10.0 Å². The molecule has 1 aromatic rings. The molecule has 0 aliphatic carbocycles. The lowest BCUT2D eigenvalue weighted by molar-refractivity contribution is 0.137. The number of hydrogen-bond acceptors (Lipinski definition) is 5. The molecule has 1 amide bonds. The van der Waals surface area contributed by atoms with Crippen LogP contribution >= 0.6 is 0 Å². The van der Waals surface area contributed by atoms with Crippen LogP contribution in [0.3, 0.4) is 0 Å². The third-order valence-electron chi connectivity index (χ3n) is 2.69. The number of carbonyl (C=O) groups excluding carboxylic acids is 1. The molecule has 0 fully saturated rings. The van der Waals surface area contributed by atoms with Gasteiger partial charge in [0.25, 0.3) is 0 Å². The Morgan fingerprint density at radius 1 is 1.17 bits per heavy atom. The van der Waals surface area contributed by atoms with Gasteiger partial charge in [0.1, 0.15) is 5.75 Å². The van der Waals surface area contributed by atoms with Crippen LogP contribution in [0.4, 0.5) is 4.79 Å². The number of sulfonamides is 1. The summed E-state index contributed by atoms with van der Waals surface area (Å²) in [4.78, 5) is 11.6.